The van der Waals surface area contributed by atoms with Gasteiger partial charge in [0.1, 0.15) is 5.60 Å². The van der Waals surface area contributed by atoms with Crippen molar-refractivity contribution in [2.24, 2.45) is 11.7 Å². The molecule has 0 aromatic rings. The predicted octanol–water partition coefficient (Wildman–Crippen LogP) is 1.98. The molecule has 0 saturated carbocycles. The van der Waals surface area contributed by atoms with E-state index in [1.165, 1.54) is 0 Å². The summed E-state index contributed by atoms with van der Waals surface area (Å²) in [6, 6.07) is 0.226. The molecule has 2 N–H and O–H groups in total. The van der Waals surface area contributed by atoms with Gasteiger partial charge in [-0.15, -0.1) is 0 Å². The van der Waals surface area contributed by atoms with Gasteiger partial charge in [0.2, 0.25) is 0 Å². The fourth-order valence-electron chi connectivity index (χ4n) is 1.83. The zero-order valence-corrected chi connectivity index (χ0v) is 10.8. The second kappa shape index (κ2) is 5.04. The van der Waals surface area contributed by atoms with Crippen molar-refractivity contribution in [1.29, 1.82) is 0 Å². The molecule has 4 heteroatoms. The van der Waals surface area contributed by atoms with E-state index < -0.39 is 5.60 Å². The van der Waals surface area contributed by atoms with E-state index in [4.69, 9.17) is 10.5 Å². The highest BCUT2D eigenvalue weighted by Gasteiger charge is 2.36. The number of rotatable bonds is 3. The summed E-state index contributed by atoms with van der Waals surface area (Å²) in [4.78, 5) is 13.4. The molecule has 0 unspecified atom stereocenters. The predicted molar refractivity (Wildman–Crippen MR) is 64.2 cm³/mol. The molecule has 1 rings (SSSR count). The third-order valence-corrected chi connectivity index (χ3v) is 2.79. The summed E-state index contributed by atoms with van der Waals surface area (Å²) >= 11 is 0. The van der Waals surface area contributed by atoms with Crippen LogP contribution in [-0.4, -0.2) is 35.7 Å². The molecule has 0 bridgehead atoms. The quantitative estimate of drug-likeness (QED) is 0.803. The molecule has 1 fully saturated rings. The van der Waals surface area contributed by atoms with Crippen LogP contribution in [-0.2, 0) is 4.74 Å². The van der Waals surface area contributed by atoms with E-state index in [9.17, 15) is 4.79 Å². The Kier molecular flexibility index (Phi) is 4.19. The van der Waals surface area contributed by atoms with Crippen LogP contribution in [0.5, 0.6) is 0 Å². The van der Waals surface area contributed by atoms with E-state index in [-0.39, 0.29) is 12.1 Å². The Hall–Kier alpha value is -0.770. The highest BCUT2D eigenvalue weighted by atomic mass is 16.6. The van der Waals surface area contributed by atoms with Crippen LogP contribution in [0.25, 0.3) is 0 Å². The number of carbonyl (C=O) groups is 1. The minimum Gasteiger partial charge on any atom is -0.444 e. The Labute approximate surface area is 98.1 Å². The minimum atomic E-state index is -0.409. The van der Waals surface area contributed by atoms with Crippen molar-refractivity contribution in [2.75, 3.05) is 13.1 Å². The van der Waals surface area contributed by atoms with Gasteiger partial charge in [0, 0.05) is 25.0 Å². The molecule has 16 heavy (non-hydrogen) atoms. The van der Waals surface area contributed by atoms with Crippen molar-refractivity contribution in [3.05, 3.63) is 0 Å². The first-order valence-electron chi connectivity index (χ1n) is 6.07. The van der Waals surface area contributed by atoms with Crippen LogP contribution in [0.15, 0.2) is 0 Å². The fraction of sp³-hybridized carbons (Fsp3) is 0.917. The van der Waals surface area contributed by atoms with E-state index in [0.29, 0.717) is 5.92 Å². The third-order valence-electron chi connectivity index (χ3n) is 2.79. The maximum absolute atomic E-state index is 11.6. The summed E-state index contributed by atoms with van der Waals surface area (Å²) < 4.78 is 5.28. The fourth-order valence-corrected chi connectivity index (χ4v) is 1.83. The van der Waals surface area contributed by atoms with Gasteiger partial charge >= 0.3 is 6.09 Å². The van der Waals surface area contributed by atoms with Crippen LogP contribution in [0, 0.1) is 5.92 Å². The van der Waals surface area contributed by atoms with Gasteiger partial charge in [-0.25, -0.2) is 4.79 Å². The number of carbonyl (C=O) groups excluding carboxylic acids is 1. The van der Waals surface area contributed by atoms with Crippen LogP contribution < -0.4 is 5.73 Å². The van der Waals surface area contributed by atoms with Gasteiger partial charge in [-0.2, -0.15) is 0 Å². The Morgan fingerprint density at radius 1 is 1.50 bits per heavy atom. The summed E-state index contributed by atoms with van der Waals surface area (Å²) in [5.41, 5.74) is 5.59. The third kappa shape index (κ3) is 3.67. The van der Waals surface area contributed by atoms with Gasteiger partial charge in [0.15, 0.2) is 0 Å². The number of nitrogens with zero attached hydrogens (tertiary/aromatic N) is 1. The number of likely N-dealkylation sites (tertiary alicyclic amines) is 1. The van der Waals surface area contributed by atoms with Gasteiger partial charge < -0.3 is 15.4 Å². The van der Waals surface area contributed by atoms with Gasteiger partial charge in [0.05, 0.1) is 0 Å². The molecule has 1 amide bonds. The van der Waals surface area contributed by atoms with Gasteiger partial charge in [-0.05, 0) is 27.2 Å². The molecule has 0 spiro atoms. The molecule has 1 atom stereocenters. The number of hydrogen-bond donors (Lipinski definition) is 1. The smallest absolute Gasteiger partial charge is 0.410 e. The Bertz CT molecular complexity index is 242. The van der Waals surface area contributed by atoms with E-state index >= 15 is 0 Å². The van der Waals surface area contributed by atoms with Crippen LogP contribution in [0.2, 0.25) is 0 Å². The summed E-state index contributed by atoms with van der Waals surface area (Å²) in [6.07, 6.45) is 1.92. The van der Waals surface area contributed by atoms with Crippen LogP contribution in [0.1, 0.15) is 40.5 Å². The van der Waals surface area contributed by atoms with Crippen LogP contribution in [0.4, 0.5) is 4.79 Å². The average molecular weight is 228 g/mol. The van der Waals surface area contributed by atoms with E-state index in [2.05, 4.69) is 6.92 Å². The summed E-state index contributed by atoms with van der Waals surface area (Å²) in [5.74, 6) is 0.451. The molecule has 1 aliphatic rings. The maximum Gasteiger partial charge on any atom is 0.410 e. The molecule has 4 nitrogen and oxygen atoms in total. The highest BCUT2D eigenvalue weighted by Crippen LogP contribution is 2.23. The first-order chi connectivity index (χ1) is 7.33. The van der Waals surface area contributed by atoms with Crippen molar-refractivity contribution < 1.29 is 9.53 Å². The van der Waals surface area contributed by atoms with Gasteiger partial charge in [-0.1, -0.05) is 13.3 Å². The molecule has 0 aliphatic carbocycles. The van der Waals surface area contributed by atoms with Crippen molar-refractivity contribution in [2.45, 2.75) is 52.2 Å². The van der Waals surface area contributed by atoms with Crippen molar-refractivity contribution in [3.63, 3.8) is 0 Å². The molecule has 0 radical (unpaired) electrons. The standard InChI is InChI=1S/C12H24N2O2/c1-5-6-10(13)9-7-14(8-9)11(15)16-12(2,3)4/h9-10H,5-8,13H2,1-4H3/t10-/m0/s1. The lowest BCUT2D eigenvalue weighted by molar-refractivity contribution is -0.00502. The molecule has 0 aromatic heterocycles. The first-order valence-corrected chi connectivity index (χ1v) is 6.07. The molecule has 1 aliphatic heterocycles. The van der Waals surface area contributed by atoms with Crippen molar-refractivity contribution >= 4 is 6.09 Å². The SMILES string of the molecule is CCC[C@H](N)C1CN(C(=O)OC(C)(C)C)C1. The lowest BCUT2D eigenvalue weighted by Gasteiger charge is -2.42. The average Bonchev–Trinajstić information content (AvgIpc) is 1.97. The summed E-state index contributed by atoms with van der Waals surface area (Å²) in [6.45, 7) is 9.26. The number of hydrogen-bond acceptors (Lipinski definition) is 3. The zero-order chi connectivity index (χ0) is 12.3. The summed E-state index contributed by atoms with van der Waals surface area (Å²) in [5, 5.41) is 0. The first kappa shape index (κ1) is 13.3. The van der Waals surface area contributed by atoms with E-state index in [1.54, 1.807) is 4.90 Å². The highest BCUT2D eigenvalue weighted by molar-refractivity contribution is 5.69. The minimum absolute atomic E-state index is 0.215. The van der Waals surface area contributed by atoms with Crippen molar-refractivity contribution in [1.82, 2.24) is 4.90 Å². The maximum atomic E-state index is 11.6. The molecular weight excluding hydrogens is 204 g/mol. The monoisotopic (exact) mass is 228 g/mol. The Balaban J connectivity index is 2.28. The van der Waals surface area contributed by atoms with Gasteiger partial charge in [-0.3, -0.25) is 0 Å². The zero-order valence-electron chi connectivity index (χ0n) is 10.8. The van der Waals surface area contributed by atoms with Gasteiger partial charge in [0.25, 0.3) is 0 Å². The molecule has 94 valence electrons. The van der Waals surface area contributed by atoms with Crippen molar-refractivity contribution in [3.8, 4) is 0 Å². The molecule has 1 heterocycles. The number of ether oxygens (including phenoxy) is 1. The second-order valence-corrected chi connectivity index (χ2v) is 5.60. The van der Waals surface area contributed by atoms with E-state index in [1.807, 2.05) is 20.8 Å². The van der Waals surface area contributed by atoms with Crippen LogP contribution >= 0.6 is 0 Å². The topological polar surface area (TPSA) is 55.6 Å². The normalized spacial score (nSPS) is 19.2. The Morgan fingerprint density at radius 2 is 2.06 bits per heavy atom. The van der Waals surface area contributed by atoms with E-state index in [0.717, 1.165) is 25.9 Å². The largest absolute Gasteiger partial charge is 0.444 e. The number of nitrogens with two attached hydrogens (primary N) is 1. The molecular formula is C12H24N2O2. The number of amides is 1. The molecule has 1 saturated heterocycles. The molecule has 0 aromatic carbocycles. The summed E-state index contributed by atoms with van der Waals surface area (Å²) in [7, 11) is 0. The second-order valence-electron chi connectivity index (χ2n) is 5.60. The van der Waals surface area contributed by atoms with Crippen LogP contribution in [0.3, 0.4) is 0 Å². The Morgan fingerprint density at radius 3 is 2.50 bits per heavy atom. The lowest BCUT2D eigenvalue weighted by atomic mass is 9.90. The lowest BCUT2D eigenvalue weighted by Crippen LogP contribution is -2.57.